The largest absolute Gasteiger partial charge is 0.497 e. The van der Waals surface area contributed by atoms with Gasteiger partial charge in [-0.05, 0) is 55.0 Å². The van der Waals surface area contributed by atoms with E-state index in [9.17, 15) is 9.59 Å². The van der Waals surface area contributed by atoms with Gasteiger partial charge in [0.25, 0.3) is 5.91 Å². The number of nitrogens with zero attached hydrogens (tertiary/aromatic N) is 1. The van der Waals surface area contributed by atoms with Gasteiger partial charge < -0.3 is 19.7 Å². The summed E-state index contributed by atoms with van der Waals surface area (Å²) >= 11 is 0. The molecule has 2 aromatic rings. The van der Waals surface area contributed by atoms with Crippen LogP contribution in [-0.2, 0) is 21.5 Å². The standard InChI is InChI=1S/C27H38N2O4/c1-8-23(26(31)28-19(2)3)29(17-20-13-15-21(32-7)16-14-20)25(30)18-33-24-12-10-9-11-22(24)27(4,5)6/h9-16,19,23H,8,17-18H2,1-7H3,(H,28,31)/t23-/m1/s1. The van der Waals surface area contributed by atoms with Crippen LogP contribution in [0.25, 0.3) is 0 Å². The third kappa shape index (κ3) is 7.52. The Labute approximate surface area is 198 Å². The number of amides is 2. The van der Waals surface area contributed by atoms with E-state index in [1.165, 1.54) is 0 Å². The Bertz CT molecular complexity index is 916. The first-order valence-electron chi connectivity index (χ1n) is 11.5. The number of hydrogen-bond acceptors (Lipinski definition) is 4. The number of para-hydroxylation sites is 1. The molecule has 0 unspecified atom stereocenters. The topological polar surface area (TPSA) is 67.9 Å². The molecule has 6 heteroatoms. The zero-order valence-corrected chi connectivity index (χ0v) is 21.0. The number of carbonyl (C=O) groups is 2. The van der Waals surface area contributed by atoms with Crippen LogP contribution < -0.4 is 14.8 Å². The Kier molecular flexibility index (Phi) is 9.32. The number of benzene rings is 2. The van der Waals surface area contributed by atoms with Crippen LogP contribution in [0.2, 0.25) is 0 Å². The van der Waals surface area contributed by atoms with Crippen molar-refractivity contribution < 1.29 is 19.1 Å². The molecular formula is C27H38N2O4. The van der Waals surface area contributed by atoms with Gasteiger partial charge >= 0.3 is 0 Å². The van der Waals surface area contributed by atoms with Crippen molar-refractivity contribution in [3.63, 3.8) is 0 Å². The maximum Gasteiger partial charge on any atom is 0.261 e. The maximum absolute atomic E-state index is 13.4. The van der Waals surface area contributed by atoms with Gasteiger partial charge in [-0.15, -0.1) is 0 Å². The van der Waals surface area contributed by atoms with E-state index in [-0.39, 0.29) is 29.9 Å². The number of methoxy groups -OCH3 is 1. The van der Waals surface area contributed by atoms with E-state index in [2.05, 4.69) is 26.1 Å². The van der Waals surface area contributed by atoms with Gasteiger partial charge in [0.05, 0.1) is 7.11 Å². The summed E-state index contributed by atoms with van der Waals surface area (Å²) in [5, 5.41) is 2.94. The number of hydrogen-bond donors (Lipinski definition) is 1. The quantitative estimate of drug-likeness (QED) is 0.565. The zero-order valence-electron chi connectivity index (χ0n) is 21.0. The fourth-order valence-electron chi connectivity index (χ4n) is 3.66. The van der Waals surface area contributed by atoms with E-state index >= 15 is 0 Å². The number of rotatable bonds is 10. The predicted octanol–water partition coefficient (Wildman–Crippen LogP) is 4.70. The minimum atomic E-state index is -0.594. The van der Waals surface area contributed by atoms with Crippen molar-refractivity contribution in [1.82, 2.24) is 10.2 Å². The lowest BCUT2D eigenvalue weighted by atomic mass is 9.86. The predicted molar refractivity (Wildman–Crippen MR) is 132 cm³/mol. The van der Waals surface area contributed by atoms with Gasteiger partial charge in [0.1, 0.15) is 17.5 Å². The van der Waals surface area contributed by atoms with E-state index in [0.717, 1.165) is 16.9 Å². The highest BCUT2D eigenvalue weighted by molar-refractivity contribution is 5.88. The lowest BCUT2D eigenvalue weighted by Crippen LogP contribution is -2.51. The van der Waals surface area contributed by atoms with Crippen LogP contribution in [0.4, 0.5) is 0 Å². The Morgan fingerprint density at radius 2 is 1.67 bits per heavy atom. The van der Waals surface area contributed by atoms with Crippen molar-refractivity contribution in [2.24, 2.45) is 0 Å². The smallest absolute Gasteiger partial charge is 0.261 e. The summed E-state index contributed by atoms with van der Waals surface area (Å²) in [6.07, 6.45) is 0.499. The second-order valence-corrected chi connectivity index (χ2v) is 9.49. The zero-order chi connectivity index (χ0) is 24.6. The molecule has 0 saturated carbocycles. The van der Waals surface area contributed by atoms with Gasteiger partial charge in [0.15, 0.2) is 6.61 Å². The normalized spacial score (nSPS) is 12.2. The molecule has 0 aliphatic rings. The Morgan fingerprint density at radius 1 is 1.03 bits per heavy atom. The average molecular weight is 455 g/mol. The summed E-state index contributed by atoms with van der Waals surface area (Å²) < 4.78 is 11.2. The molecule has 0 aliphatic carbocycles. The van der Waals surface area contributed by atoms with E-state index < -0.39 is 6.04 Å². The Morgan fingerprint density at radius 3 is 2.21 bits per heavy atom. The minimum Gasteiger partial charge on any atom is -0.497 e. The van der Waals surface area contributed by atoms with Crippen molar-refractivity contribution in [3.8, 4) is 11.5 Å². The third-order valence-corrected chi connectivity index (χ3v) is 5.38. The highest BCUT2D eigenvalue weighted by atomic mass is 16.5. The first-order valence-corrected chi connectivity index (χ1v) is 11.5. The van der Waals surface area contributed by atoms with Crippen LogP contribution in [0.5, 0.6) is 11.5 Å². The van der Waals surface area contributed by atoms with E-state index in [1.54, 1.807) is 12.0 Å². The third-order valence-electron chi connectivity index (χ3n) is 5.38. The van der Waals surface area contributed by atoms with Crippen molar-refractivity contribution in [2.45, 2.75) is 72.0 Å². The fourth-order valence-corrected chi connectivity index (χ4v) is 3.66. The average Bonchev–Trinajstić information content (AvgIpc) is 2.76. The molecule has 2 rings (SSSR count). The van der Waals surface area contributed by atoms with Gasteiger partial charge in [-0.3, -0.25) is 9.59 Å². The molecule has 2 amide bonds. The van der Waals surface area contributed by atoms with Gasteiger partial charge in [0, 0.05) is 12.6 Å². The molecule has 0 saturated heterocycles. The molecular weight excluding hydrogens is 416 g/mol. The molecule has 0 bridgehead atoms. The monoisotopic (exact) mass is 454 g/mol. The van der Waals surface area contributed by atoms with E-state index in [0.29, 0.717) is 18.7 Å². The summed E-state index contributed by atoms with van der Waals surface area (Å²) in [7, 11) is 1.61. The van der Waals surface area contributed by atoms with E-state index in [4.69, 9.17) is 9.47 Å². The van der Waals surface area contributed by atoms with Crippen molar-refractivity contribution in [2.75, 3.05) is 13.7 Å². The lowest BCUT2D eigenvalue weighted by molar-refractivity contribution is -0.143. The van der Waals surface area contributed by atoms with Crippen molar-refractivity contribution in [3.05, 3.63) is 59.7 Å². The summed E-state index contributed by atoms with van der Waals surface area (Å²) in [6.45, 7) is 12.2. The number of carbonyl (C=O) groups excluding carboxylic acids is 2. The SMILES string of the molecule is CC[C@H](C(=O)NC(C)C)N(Cc1ccc(OC)cc1)C(=O)COc1ccccc1C(C)(C)C. The van der Waals surface area contributed by atoms with Gasteiger partial charge in [-0.25, -0.2) is 0 Å². The number of ether oxygens (including phenoxy) is 2. The van der Waals surface area contributed by atoms with Crippen LogP contribution in [-0.4, -0.2) is 42.5 Å². The first-order chi connectivity index (χ1) is 15.6. The molecule has 0 radical (unpaired) electrons. The highest BCUT2D eigenvalue weighted by Gasteiger charge is 2.29. The highest BCUT2D eigenvalue weighted by Crippen LogP contribution is 2.31. The van der Waals surface area contributed by atoms with Gasteiger partial charge in [-0.1, -0.05) is 58.0 Å². The molecule has 2 aromatic carbocycles. The summed E-state index contributed by atoms with van der Waals surface area (Å²) in [5.41, 5.74) is 1.82. The second kappa shape index (κ2) is 11.7. The lowest BCUT2D eigenvalue weighted by Gasteiger charge is -2.31. The van der Waals surface area contributed by atoms with Crippen LogP contribution in [0.1, 0.15) is 59.1 Å². The molecule has 1 atom stereocenters. The molecule has 0 spiro atoms. The minimum absolute atomic E-state index is 0.0144. The van der Waals surface area contributed by atoms with Crippen LogP contribution in [0.3, 0.4) is 0 Å². The molecule has 0 aliphatic heterocycles. The summed E-state index contributed by atoms with van der Waals surface area (Å²) in [6, 6.07) is 14.7. The van der Waals surface area contributed by atoms with Crippen molar-refractivity contribution in [1.29, 1.82) is 0 Å². The molecule has 0 fully saturated rings. The molecule has 1 N–H and O–H groups in total. The van der Waals surface area contributed by atoms with Crippen molar-refractivity contribution >= 4 is 11.8 Å². The molecule has 0 heterocycles. The maximum atomic E-state index is 13.4. The van der Waals surface area contributed by atoms with Crippen LogP contribution in [0, 0.1) is 0 Å². The molecule has 33 heavy (non-hydrogen) atoms. The summed E-state index contributed by atoms with van der Waals surface area (Å²) in [4.78, 5) is 27.9. The fraction of sp³-hybridized carbons (Fsp3) is 0.481. The number of nitrogens with one attached hydrogen (secondary N) is 1. The van der Waals surface area contributed by atoms with Crippen LogP contribution in [0.15, 0.2) is 48.5 Å². The first kappa shape index (κ1) is 26.2. The Balaban J connectivity index is 2.27. The summed E-state index contributed by atoms with van der Waals surface area (Å²) in [5.74, 6) is 1.02. The Hall–Kier alpha value is -3.02. The molecule has 6 nitrogen and oxygen atoms in total. The van der Waals surface area contributed by atoms with Gasteiger partial charge in [-0.2, -0.15) is 0 Å². The molecule has 180 valence electrons. The van der Waals surface area contributed by atoms with Crippen LogP contribution >= 0.6 is 0 Å². The molecule has 0 aromatic heterocycles. The second-order valence-electron chi connectivity index (χ2n) is 9.49. The van der Waals surface area contributed by atoms with E-state index in [1.807, 2.05) is 69.3 Å². The van der Waals surface area contributed by atoms with Gasteiger partial charge in [0.2, 0.25) is 5.91 Å².